The molecule has 0 aliphatic carbocycles. The molecular formula is C14H16N2O3. The first-order valence-corrected chi connectivity index (χ1v) is 5.97. The molecule has 0 aliphatic heterocycles. The van der Waals surface area contributed by atoms with Crippen molar-refractivity contribution in [1.82, 2.24) is 5.48 Å². The van der Waals surface area contributed by atoms with Crippen molar-refractivity contribution in [3.05, 3.63) is 42.5 Å². The Morgan fingerprint density at radius 1 is 1.11 bits per heavy atom. The summed E-state index contributed by atoms with van der Waals surface area (Å²) in [6.45, 7) is 0.730. The third-order valence-electron chi connectivity index (χ3n) is 2.59. The van der Waals surface area contributed by atoms with Gasteiger partial charge in [0.1, 0.15) is 0 Å². The summed E-state index contributed by atoms with van der Waals surface area (Å²) < 4.78 is 4.80. The number of benzene rings is 2. The number of amides is 2. The molecule has 2 rings (SSSR count). The molecule has 0 aromatic heterocycles. The van der Waals surface area contributed by atoms with Crippen LogP contribution >= 0.6 is 0 Å². The zero-order valence-corrected chi connectivity index (χ0v) is 10.7. The van der Waals surface area contributed by atoms with Gasteiger partial charge in [-0.2, -0.15) is 0 Å². The SMILES string of the molecule is COCCONC(=O)Nc1cccc2ccccc12. The minimum atomic E-state index is -0.410. The van der Waals surface area contributed by atoms with Gasteiger partial charge in [-0.15, -0.1) is 0 Å². The van der Waals surface area contributed by atoms with E-state index in [1.165, 1.54) is 0 Å². The molecular weight excluding hydrogens is 244 g/mol. The molecule has 0 saturated carbocycles. The first-order valence-electron chi connectivity index (χ1n) is 5.97. The number of hydrogen-bond donors (Lipinski definition) is 2. The number of urea groups is 1. The normalized spacial score (nSPS) is 10.4. The van der Waals surface area contributed by atoms with E-state index in [1.54, 1.807) is 7.11 Å². The van der Waals surface area contributed by atoms with Crippen LogP contribution in [0, 0.1) is 0 Å². The van der Waals surface area contributed by atoms with Gasteiger partial charge >= 0.3 is 6.03 Å². The number of carbonyl (C=O) groups excluding carboxylic acids is 1. The third kappa shape index (κ3) is 3.67. The molecule has 0 atom stereocenters. The zero-order valence-electron chi connectivity index (χ0n) is 10.7. The Balaban J connectivity index is 1.99. The summed E-state index contributed by atoms with van der Waals surface area (Å²) in [5.41, 5.74) is 3.04. The molecule has 0 radical (unpaired) electrons. The highest BCUT2D eigenvalue weighted by Gasteiger charge is 2.04. The number of hydroxylamine groups is 1. The Morgan fingerprint density at radius 2 is 1.89 bits per heavy atom. The van der Waals surface area contributed by atoms with Crippen LogP contribution in [0.1, 0.15) is 0 Å². The number of methoxy groups -OCH3 is 1. The minimum Gasteiger partial charge on any atom is -0.382 e. The lowest BCUT2D eigenvalue weighted by atomic mass is 10.1. The maximum absolute atomic E-state index is 11.6. The second-order valence-electron chi connectivity index (χ2n) is 3.92. The van der Waals surface area contributed by atoms with E-state index >= 15 is 0 Å². The fourth-order valence-corrected chi connectivity index (χ4v) is 1.72. The first kappa shape index (κ1) is 13.3. The molecule has 0 spiro atoms. The summed E-state index contributed by atoms with van der Waals surface area (Å²) in [5, 5.41) is 4.80. The molecule has 0 unspecified atom stereocenters. The van der Waals surface area contributed by atoms with Gasteiger partial charge in [0.2, 0.25) is 0 Å². The molecule has 19 heavy (non-hydrogen) atoms. The second-order valence-corrected chi connectivity index (χ2v) is 3.92. The van der Waals surface area contributed by atoms with Crippen LogP contribution in [-0.4, -0.2) is 26.4 Å². The number of carbonyl (C=O) groups is 1. The Kier molecular flexibility index (Phi) is 4.72. The Bertz CT molecular complexity index is 552. The predicted octanol–water partition coefficient (Wildman–Crippen LogP) is 2.54. The van der Waals surface area contributed by atoms with Gasteiger partial charge < -0.3 is 10.1 Å². The molecule has 2 aromatic rings. The van der Waals surface area contributed by atoms with Gasteiger partial charge in [0.15, 0.2) is 0 Å². The topological polar surface area (TPSA) is 59.6 Å². The number of ether oxygens (including phenoxy) is 1. The summed E-state index contributed by atoms with van der Waals surface area (Å²) in [4.78, 5) is 16.6. The number of hydrogen-bond acceptors (Lipinski definition) is 3. The fourth-order valence-electron chi connectivity index (χ4n) is 1.72. The quantitative estimate of drug-likeness (QED) is 0.641. The number of anilines is 1. The smallest absolute Gasteiger partial charge is 0.343 e. The molecule has 0 fully saturated rings. The summed E-state index contributed by atoms with van der Waals surface area (Å²) in [6, 6.07) is 13.2. The lowest BCUT2D eigenvalue weighted by molar-refractivity contribution is 0.0272. The van der Waals surface area contributed by atoms with E-state index in [2.05, 4.69) is 10.8 Å². The molecule has 5 heteroatoms. The van der Waals surface area contributed by atoms with E-state index < -0.39 is 6.03 Å². The van der Waals surface area contributed by atoms with Gasteiger partial charge in [0, 0.05) is 12.5 Å². The molecule has 0 saturated heterocycles. The lowest BCUT2D eigenvalue weighted by Crippen LogP contribution is -2.30. The van der Waals surface area contributed by atoms with Gasteiger partial charge in [0.25, 0.3) is 0 Å². The van der Waals surface area contributed by atoms with Crippen LogP contribution in [0.2, 0.25) is 0 Å². The lowest BCUT2D eigenvalue weighted by Gasteiger charge is -2.09. The molecule has 5 nitrogen and oxygen atoms in total. The van der Waals surface area contributed by atoms with Crippen molar-refractivity contribution in [2.24, 2.45) is 0 Å². The summed E-state index contributed by atoms with van der Waals surface area (Å²) in [7, 11) is 1.57. The van der Waals surface area contributed by atoms with E-state index in [9.17, 15) is 4.79 Å². The molecule has 2 amide bonds. The van der Waals surface area contributed by atoms with Crippen LogP contribution in [-0.2, 0) is 9.57 Å². The number of rotatable bonds is 5. The summed E-state index contributed by atoms with van der Waals surface area (Å²) >= 11 is 0. The van der Waals surface area contributed by atoms with Crippen molar-refractivity contribution < 1.29 is 14.4 Å². The van der Waals surface area contributed by atoms with Gasteiger partial charge in [-0.05, 0) is 11.5 Å². The van der Waals surface area contributed by atoms with Gasteiger partial charge in [0.05, 0.1) is 18.9 Å². The Labute approximate surface area is 111 Å². The van der Waals surface area contributed by atoms with Crippen molar-refractivity contribution in [2.45, 2.75) is 0 Å². The molecule has 0 aliphatic rings. The summed E-state index contributed by atoms with van der Waals surface area (Å²) in [6.07, 6.45) is 0. The van der Waals surface area contributed by atoms with E-state index in [-0.39, 0.29) is 0 Å². The largest absolute Gasteiger partial charge is 0.382 e. The molecule has 0 bridgehead atoms. The van der Waals surface area contributed by atoms with E-state index in [0.29, 0.717) is 13.2 Å². The van der Waals surface area contributed by atoms with Gasteiger partial charge in [-0.1, -0.05) is 36.4 Å². The van der Waals surface area contributed by atoms with Crippen LogP contribution in [0.15, 0.2) is 42.5 Å². The maximum Gasteiger partial charge on any atom is 0.343 e. The second kappa shape index (κ2) is 6.72. The molecule has 100 valence electrons. The van der Waals surface area contributed by atoms with Gasteiger partial charge in [-0.25, -0.2) is 10.3 Å². The van der Waals surface area contributed by atoms with E-state index in [0.717, 1.165) is 16.5 Å². The van der Waals surface area contributed by atoms with Crippen molar-refractivity contribution >= 4 is 22.5 Å². The third-order valence-corrected chi connectivity index (χ3v) is 2.59. The predicted molar refractivity (Wildman–Crippen MR) is 73.9 cm³/mol. The number of nitrogens with one attached hydrogen (secondary N) is 2. The molecule has 2 aromatic carbocycles. The van der Waals surface area contributed by atoms with Gasteiger partial charge in [-0.3, -0.25) is 4.84 Å². The van der Waals surface area contributed by atoms with Crippen LogP contribution in [0.4, 0.5) is 10.5 Å². The van der Waals surface area contributed by atoms with Crippen molar-refractivity contribution in [3.8, 4) is 0 Å². The monoisotopic (exact) mass is 260 g/mol. The van der Waals surface area contributed by atoms with Crippen molar-refractivity contribution in [3.63, 3.8) is 0 Å². The standard InChI is InChI=1S/C14H16N2O3/c1-18-9-10-19-16-14(17)15-13-8-4-6-11-5-2-3-7-12(11)13/h2-8H,9-10H2,1H3,(H2,15,16,17). The highest BCUT2D eigenvalue weighted by molar-refractivity contribution is 6.01. The zero-order chi connectivity index (χ0) is 13.5. The van der Waals surface area contributed by atoms with E-state index in [4.69, 9.17) is 9.57 Å². The Morgan fingerprint density at radius 3 is 2.74 bits per heavy atom. The average molecular weight is 260 g/mol. The van der Waals surface area contributed by atoms with Crippen LogP contribution in [0.3, 0.4) is 0 Å². The number of fused-ring (bicyclic) bond motifs is 1. The first-order chi connectivity index (χ1) is 9.31. The van der Waals surface area contributed by atoms with Crippen LogP contribution in [0.25, 0.3) is 10.8 Å². The highest BCUT2D eigenvalue weighted by Crippen LogP contribution is 2.22. The molecule has 2 N–H and O–H groups in total. The maximum atomic E-state index is 11.6. The highest BCUT2D eigenvalue weighted by atomic mass is 16.7. The minimum absolute atomic E-state index is 0.305. The molecule has 0 heterocycles. The van der Waals surface area contributed by atoms with Crippen LogP contribution in [0.5, 0.6) is 0 Å². The van der Waals surface area contributed by atoms with Crippen LogP contribution < -0.4 is 10.8 Å². The summed E-state index contributed by atoms with van der Waals surface area (Å²) in [5.74, 6) is 0. The fraction of sp³-hybridized carbons (Fsp3) is 0.214. The van der Waals surface area contributed by atoms with E-state index in [1.807, 2.05) is 42.5 Å². The average Bonchev–Trinajstić information content (AvgIpc) is 2.44. The van der Waals surface area contributed by atoms with Crippen molar-refractivity contribution in [2.75, 3.05) is 25.6 Å². The van der Waals surface area contributed by atoms with Crippen molar-refractivity contribution in [1.29, 1.82) is 0 Å². The Hall–Kier alpha value is -2.11.